The lowest BCUT2D eigenvalue weighted by Crippen LogP contribution is -2.22. The van der Waals surface area contributed by atoms with E-state index in [9.17, 15) is 4.79 Å². The highest BCUT2D eigenvalue weighted by Gasteiger charge is 2.17. The van der Waals surface area contributed by atoms with Crippen LogP contribution in [-0.4, -0.2) is 25.6 Å². The Morgan fingerprint density at radius 2 is 2.11 bits per heavy atom. The van der Waals surface area contributed by atoms with Gasteiger partial charge in [-0.1, -0.05) is 12.1 Å². The Labute approximate surface area is 114 Å². The fraction of sp³-hybridized carbons (Fsp3) is 0.562. The topological polar surface area (TPSA) is 35.5 Å². The summed E-state index contributed by atoms with van der Waals surface area (Å²) in [6.07, 6.45) is 5.51. The number of methoxy groups -OCH3 is 1. The van der Waals surface area contributed by atoms with E-state index in [1.54, 1.807) is 7.11 Å². The Hall–Kier alpha value is -1.35. The van der Waals surface area contributed by atoms with Crippen LogP contribution in [0.4, 0.5) is 0 Å². The molecule has 1 aromatic rings. The number of ether oxygens (including phenoxy) is 2. The van der Waals surface area contributed by atoms with Gasteiger partial charge in [-0.15, -0.1) is 0 Å². The molecule has 19 heavy (non-hydrogen) atoms. The molecule has 0 aromatic heterocycles. The van der Waals surface area contributed by atoms with Crippen LogP contribution in [0.5, 0.6) is 5.75 Å². The van der Waals surface area contributed by atoms with Crippen molar-refractivity contribution in [3.63, 3.8) is 0 Å². The molecule has 0 spiro atoms. The molecule has 0 aliphatic carbocycles. The van der Waals surface area contributed by atoms with Crippen LogP contribution in [0.2, 0.25) is 0 Å². The van der Waals surface area contributed by atoms with Gasteiger partial charge in [0, 0.05) is 19.4 Å². The molecule has 1 unspecified atom stereocenters. The number of hydrogen-bond donors (Lipinski definition) is 0. The molecule has 1 saturated heterocycles. The van der Waals surface area contributed by atoms with Gasteiger partial charge in [-0.2, -0.15) is 0 Å². The van der Waals surface area contributed by atoms with E-state index in [-0.39, 0.29) is 6.10 Å². The first kappa shape index (κ1) is 14.1. The van der Waals surface area contributed by atoms with Gasteiger partial charge in [0.15, 0.2) is 0 Å². The van der Waals surface area contributed by atoms with Crippen LogP contribution in [0.1, 0.15) is 37.7 Å². The van der Waals surface area contributed by atoms with Gasteiger partial charge in [0.2, 0.25) is 0 Å². The van der Waals surface area contributed by atoms with Gasteiger partial charge in [0.25, 0.3) is 0 Å². The van der Waals surface area contributed by atoms with Gasteiger partial charge in [-0.25, -0.2) is 0 Å². The summed E-state index contributed by atoms with van der Waals surface area (Å²) in [4.78, 5) is 11.9. The number of aryl methyl sites for hydroxylation is 1. The Morgan fingerprint density at radius 1 is 1.32 bits per heavy atom. The van der Waals surface area contributed by atoms with E-state index in [2.05, 4.69) is 0 Å². The average Bonchev–Trinajstić information content (AvgIpc) is 2.47. The molecule has 1 atom stereocenters. The van der Waals surface area contributed by atoms with Gasteiger partial charge >= 0.3 is 0 Å². The first-order valence-corrected chi connectivity index (χ1v) is 7.04. The van der Waals surface area contributed by atoms with E-state index in [1.165, 1.54) is 12.0 Å². The Balaban J connectivity index is 1.72. The Bertz CT molecular complexity index is 391. The summed E-state index contributed by atoms with van der Waals surface area (Å²) >= 11 is 0. The van der Waals surface area contributed by atoms with Crippen molar-refractivity contribution in [3.8, 4) is 5.75 Å². The minimum atomic E-state index is 0.164. The van der Waals surface area contributed by atoms with Crippen LogP contribution in [0, 0.1) is 0 Å². The zero-order chi connectivity index (χ0) is 13.5. The first-order chi connectivity index (χ1) is 9.28. The van der Waals surface area contributed by atoms with Crippen LogP contribution in [-0.2, 0) is 16.0 Å². The number of ketones is 1. The van der Waals surface area contributed by atoms with Crippen molar-refractivity contribution in [1.82, 2.24) is 0 Å². The predicted octanol–water partition coefficient (Wildman–Crippen LogP) is 3.16. The smallest absolute Gasteiger partial charge is 0.135 e. The molecule has 1 fully saturated rings. The third-order valence-corrected chi connectivity index (χ3v) is 3.58. The van der Waals surface area contributed by atoms with Crippen LogP contribution in [0.25, 0.3) is 0 Å². The number of carbonyl (C=O) groups excluding carboxylic acids is 1. The zero-order valence-corrected chi connectivity index (χ0v) is 11.6. The maximum atomic E-state index is 11.9. The second kappa shape index (κ2) is 7.29. The Kier molecular flexibility index (Phi) is 5.40. The number of rotatable bonds is 6. The SMILES string of the molecule is COc1ccc(CCC(=O)CC2CCCCO2)cc1. The van der Waals surface area contributed by atoms with Crippen molar-refractivity contribution in [2.75, 3.05) is 13.7 Å². The quantitative estimate of drug-likeness (QED) is 0.790. The van der Waals surface area contributed by atoms with E-state index in [0.717, 1.165) is 31.6 Å². The monoisotopic (exact) mass is 262 g/mol. The number of carbonyl (C=O) groups is 1. The summed E-state index contributed by atoms with van der Waals surface area (Å²) < 4.78 is 10.7. The van der Waals surface area contributed by atoms with Crippen molar-refractivity contribution in [3.05, 3.63) is 29.8 Å². The molecule has 3 heteroatoms. The third kappa shape index (κ3) is 4.67. The predicted molar refractivity (Wildman–Crippen MR) is 74.5 cm³/mol. The van der Waals surface area contributed by atoms with E-state index >= 15 is 0 Å². The van der Waals surface area contributed by atoms with E-state index in [4.69, 9.17) is 9.47 Å². The number of Topliss-reactive ketones (excluding diaryl/α,β-unsaturated/α-hetero) is 1. The average molecular weight is 262 g/mol. The molecule has 0 N–H and O–H groups in total. The summed E-state index contributed by atoms with van der Waals surface area (Å²) in [6, 6.07) is 7.90. The van der Waals surface area contributed by atoms with E-state index < -0.39 is 0 Å². The van der Waals surface area contributed by atoms with Crippen molar-refractivity contribution in [2.45, 2.75) is 44.6 Å². The minimum absolute atomic E-state index is 0.164. The Morgan fingerprint density at radius 3 is 2.74 bits per heavy atom. The molecule has 1 heterocycles. The maximum Gasteiger partial charge on any atom is 0.135 e. The molecule has 1 aromatic carbocycles. The van der Waals surface area contributed by atoms with E-state index in [0.29, 0.717) is 18.6 Å². The van der Waals surface area contributed by atoms with Crippen LogP contribution in [0.15, 0.2) is 24.3 Å². The molecular weight excluding hydrogens is 240 g/mol. The largest absolute Gasteiger partial charge is 0.497 e. The summed E-state index contributed by atoms with van der Waals surface area (Å²) in [6.45, 7) is 0.816. The molecule has 1 aliphatic rings. The highest BCUT2D eigenvalue weighted by Crippen LogP contribution is 2.17. The lowest BCUT2D eigenvalue weighted by atomic mass is 10.00. The fourth-order valence-corrected chi connectivity index (χ4v) is 2.40. The number of hydrogen-bond acceptors (Lipinski definition) is 3. The van der Waals surface area contributed by atoms with Crippen LogP contribution >= 0.6 is 0 Å². The van der Waals surface area contributed by atoms with Crippen molar-refractivity contribution < 1.29 is 14.3 Å². The molecule has 104 valence electrons. The first-order valence-electron chi connectivity index (χ1n) is 7.04. The van der Waals surface area contributed by atoms with Gasteiger partial charge in [-0.3, -0.25) is 4.79 Å². The van der Waals surface area contributed by atoms with Crippen LogP contribution < -0.4 is 4.74 Å². The summed E-state index contributed by atoms with van der Waals surface area (Å²) in [7, 11) is 1.66. The lowest BCUT2D eigenvalue weighted by molar-refractivity contribution is -0.122. The van der Waals surface area contributed by atoms with Crippen molar-refractivity contribution in [1.29, 1.82) is 0 Å². The van der Waals surface area contributed by atoms with Gasteiger partial charge < -0.3 is 9.47 Å². The molecule has 0 saturated carbocycles. The minimum Gasteiger partial charge on any atom is -0.497 e. The molecule has 3 nitrogen and oxygen atoms in total. The molecule has 2 rings (SSSR count). The van der Waals surface area contributed by atoms with Gasteiger partial charge in [-0.05, 0) is 43.4 Å². The summed E-state index contributed by atoms with van der Waals surface area (Å²) in [5.74, 6) is 1.16. The lowest BCUT2D eigenvalue weighted by Gasteiger charge is -2.21. The highest BCUT2D eigenvalue weighted by atomic mass is 16.5. The molecular formula is C16H22O3. The van der Waals surface area contributed by atoms with Crippen LogP contribution in [0.3, 0.4) is 0 Å². The standard InChI is InChI=1S/C16H22O3/c1-18-15-9-6-13(7-10-15)5-8-14(17)12-16-4-2-3-11-19-16/h6-7,9-10,16H,2-5,8,11-12H2,1H3. The highest BCUT2D eigenvalue weighted by molar-refractivity contribution is 5.79. The molecule has 0 amide bonds. The molecule has 1 aliphatic heterocycles. The maximum absolute atomic E-state index is 11.9. The normalized spacial score (nSPS) is 19.1. The number of benzene rings is 1. The third-order valence-electron chi connectivity index (χ3n) is 3.58. The van der Waals surface area contributed by atoms with Crippen molar-refractivity contribution >= 4 is 5.78 Å². The molecule has 0 bridgehead atoms. The second-order valence-electron chi connectivity index (χ2n) is 5.08. The van der Waals surface area contributed by atoms with Gasteiger partial charge in [0.05, 0.1) is 13.2 Å². The summed E-state index contributed by atoms with van der Waals surface area (Å²) in [5.41, 5.74) is 1.18. The van der Waals surface area contributed by atoms with Gasteiger partial charge in [0.1, 0.15) is 11.5 Å². The van der Waals surface area contributed by atoms with E-state index in [1.807, 2.05) is 24.3 Å². The second-order valence-corrected chi connectivity index (χ2v) is 5.08. The zero-order valence-electron chi connectivity index (χ0n) is 11.6. The fourth-order valence-electron chi connectivity index (χ4n) is 2.40. The molecule has 0 radical (unpaired) electrons. The van der Waals surface area contributed by atoms with Crippen molar-refractivity contribution in [2.24, 2.45) is 0 Å². The summed E-state index contributed by atoms with van der Waals surface area (Å²) in [5, 5.41) is 0.